The number of carbonyl (C=O) groups is 1. The van der Waals surface area contributed by atoms with Crippen molar-refractivity contribution in [2.24, 2.45) is 0 Å². The van der Waals surface area contributed by atoms with Gasteiger partial charge in [-0.25, -0.2) is 0 Å². The second kappa shape index (κ2) is 7.65. The topological polar surface area (TPSA) is 42.0 Å². The first-order valence-electron chi connectivity index (χ1n) is 9.34. The van der Waals surface area contributed by atoms with Crippen molar-refractivity contribution in [1.29, 1.82) is 0 Å². The summed E-state index contributed by atoms with van der Waals surface area (Å²) >= 11 is 0. The molecule has 2 aliphatic rings. The van der Waals surface area contributed by atoms with Crippen LogP contribution in [0.2, 0.25) is 0 Å². The van der Waals surface area contributed by atoms with E-state index in [0.29, 0.717) is 35.2 Å². The van der Waals surface area contributed by atoms with Gasteiger partial charge in [0.05, 0.1) is 14.2 Å². The van der Waals surface area contributed by atoms with Crippen molar-refractivity contribution in [1.82, 2.24) is 9.80 Å². The summed E-state index contributed by atoms with van der Waals surface area (Å²) in [4.78, 5) is 17.6. The smallest absolute Gasteiger partial charge is 0.254 e. The Hall–Kier alpha value is -1.75. The van der Waals surface area contributed by atoms with E-state index in [9.17, 15) is 4.79 Å². The van der Waals surface area contributed by atoms with Crippen LogP contribution in [-0.4, -0.2) is 61.1 Å². The third kappa shape index (κ3) is 3.61. The summed E-state index contributed by atoms with van der Waals surface area (Å²) in [6.45, 7) is 6.29. The Kier molecular flexibility index (Phi) is 5.52. The number of hydrogen-bond donors (Lipinski definition) is 0. The molecule has 3 rings (SSSR count). The molecule has 0 saturated carbocycles. The summed E-state index contributed by atoms with van der Waals surface area (Å²) in [6.07, 6.45) is 4.78. The van der Waals surface area contributed by atoms with Gasteiger partial charge in [0.25, 0.3) is 5.91 Å². The molecule has 0 unspecified atom stereocenters. The molecule has 2 fully saturated rings. The molecule has 2 heterocycles. The van der Waals surface area contributed by atoms with Crippen molar-refractivity contribution in [2.45, 2.75) is 57.7 Å². The number of benzene rings is 1. The van der Waals surface area contributed by atoms with Crippen molar-refractivity contribution in [3.63, 3.8) is 0 Å². The van der Waals surface area contributed by atoms with E-state index in [1.807, 2.05) is 11.0 Å². The zero-order chi connectivity index (χ0) is 18.0. The van der Waals surface area contributed by atoms with Crippen LogP contribution in [0, 0.1) is 0 Å². The van der Waals surface area contributed by atoms with Crippen molar-refractivity contribution in [3.8, 4) is 11.5 Å². The van der Waals surface area contributed by atoms with Gasteiger partial charge in [0.15, 0.2) is 11.5 Å². The van der Waals surface area contributed by atoms with Gasteiger partial charge in [-0.2, -0.15) is 0 Å². The first-order valence-corrected chi connectivity index (χ1v) is 9.34. The van der Waals surface area contributed by atoms with E-state index in [2.05, 4.69) is 18.7 Å². The van der Waals surface area contributed by atoms with E-state index in [1.165, 1.54) is 19.3 Å². The number of amides is 1. The lowest BCUT2D eigenvalue weighted by atomic mass is 10.0. The Morgan fingerprint density at radius 3 is 2.36 bits per heavy atom. The third-order valence-corrected chi connectivity index (χ3v) is 5.76. The number of methoxy groups -OCH3 is 2. The fourth-order valence-corrected chi connectivity index (χ4v) is 4.47. The average molecular weight is 346 g/mol. The predicted molar refractivity (Wildman–Crippen MR) is 98.5 cm³/mol. The highest BCUT2D eigenvalue weighted by Crippen LogP contribution is 2.31. The monoisotopic (exact) mass is 346 g/mol. The zero-order valence-corrected chi connectivity index (χ0v) is 15.8. The first-order chi connectivity index (χ1) is 12.0. The van der Waals surface area contributed by atoms with Crippen LogP contribution in [0.4, 0.5) is 0 Å². The van der Waals surface area contributed by atoms with Crippen LogP contribution in [-0.2, 0) is 0 Å². The second-order valence-electron chi connectivity index (χ2n) is 7.34. The third-order valence-electron chi connectivity index (χ3n) is 5.76. The summed E-state index contributed by atoms with van der Waals surface area (Å²) < 4.78 is 10.6. The van der Waals surface area contributed by atoms with Crippen molar-refractivity contribution < 1.29 is 14.3 Å². The maximum Gasteiger partial charge on any atom is 0.254 e. The number of rotatable bonds is 4. The van der Waals surface area contributed by atoms with E-state index >= 15 is 0 Å². The molecule has 0 aromatic heterocycles. The van der Waals surface area contributed by atoms with Gasteiger partial charge in [-0.1, -0.05) is 0 Å². The van der Waals surface area contributed by atoms with E-state index < -0.39 is 0 Å². The minimum absolute atomic E-state index is 0.0881. The zero-order valence-electron chi connectivity index (χ0n) is 15.8. The summed E-state index contributed by atoms with van der Waals surface area (Å²) in [5, 5.41) is 0. The summed E-state index contributed by atoms with van der Waals surface area (Å²) in [6, 6.07) is 7.14. The molecule has 5 nitrogen and oxygen atoms in total. The molecule has 1 aromatic rings. The molecule has 0 spiro atoms. The molecule has 25 heavy (non-hydrogen) atoms. The molecule has 3 atom stereocenters. The van der Waals surface area contributed by atoms with Gasteiger partial charge in [0.2, 0.25) is 0 Å². The summed E-state index contributed by atoms with van der Waals surface area (Å²) in [5.74, 6) is 1.34. The maximum atomic E-state index is 13.0. The lowest BCUT2D eigenvalue weighted by Crippen LogP contribution is -2.52. The number of likely N-dealkylation sites (tertiary alicyclic amines) is 2. The molecule has 0 bridgehead atoms. The minimum atomic E-state index is 0.0881. The van der Waals surface area contributed by atoms with Crippen LogP contribution < -0.4 is 9.47 Å². The highest BCUT2D eigenvalue weighted by Gasteiger charge is 2.36. The van der Waals surface area contributed by atoms with Crippen molar-refractivity contribution >= 4 is 5.91 Å². The van der Waals surface area contributed by atoms with E-state index in [-0.39, 0.29) is 5.91 Å². The molecule has 1 amide bonds. The molecular weight excluding hydrogens is 316 g/mol. The molecule has 1 aromatic carbocycles. The van der Waals surface area contributed by atoms with Crippen LogP contribution in [0.3, 0.4) is 0 Å². The SMILES string of the molecule is COc1ccc(C(=O)N2CCC[C@@H](N3[C@H](C)CC[C@@H]3C)C2)cc1OC. The molecule has 138 valence electrons. The standard InChI is InChI=1S/C20H30N2O3/c1-14-7-8-15(2)22(14)17-6-5-11-21(13-17)20(23)16-9-10-18(24-3)19(12-16)25-4/h9-10,12,14-15,17H,5-8,11,13H2,1-4H3/t14-,15+,17-/m1/s1. The van der Waals surface area contributed by atoms with Gasteiger partial charge in [0, 0.05) is 36.8 Å². The van der Waals surface area contributed by atoms with Gasteiger partial charge < -0.3 is 14.4 Å². The van der Waals surface area contributed by atoms with Gasteiger partial charge in [-0.15, -0.1) is 0 Å². The predicted octanol–water partition coefficient (Wildman–Crippen LogP) is 3.18. The highest BCUT2D eigenvalue weighted by atomic mass is 16.5. The van der Waals surface area contributed by atoms with Crippen molar-refractivity contribution in [2.75, 3.05) is 27.3 Å². The second-order valence-corrected chi connectivity index (χ2v) is 7.34. The average Bonchev–Trinajstić information content (AvgIpc) is 2.99. The molecule has 5 heteroatoms. The molecule has 2 saturated heterocycles. The van der Waals surface area contributed by atoms with Crippen LogP contribution in [0.1, 0.15) is 49.9 Å². The normalized spacial score (nSPS) is 27.4. The van der Waals surface area contributed by atoms with Crippen LogP contribution in [0.5, 0.6) is 11.5 Å². The Bertz CT molecular complexity index is 609. The van der Waals surface area contributed by atoms with Crippen molar-refractivity contribution in [3.05, 3.63) is 23.8 Å². The Morgan fingerprint density at radius 1 is 1.04 bits per heavy atom. The highest BCUT2D eigenvalue weighted by molar-refractivity contribution is 5.95. The Labute approximate surface area is 150 Å². The lowest BCUT2D eigenvalue weighted by molar-refractivity contribution is 0.0487. The van der Waals surface area contributed by atoms with Gasteiger partial charge in [-0.05, 0) is 57.7 Å². The Balaban J connectivity index is 1.74. The minimum Gasteiger partial charge on any atom is -0.493 e. The first kappa shape index (κ1) is 18.1. The summed E-state index contributed by atoms with van der Waals surface area (Å²) in [5.41, 5.74) is 0.667. The van der Waals surface area contributed by atoms with Crippen LogP contribution in [0.15, 0.2) is 18.2 Å². The van der Waals surface area contributed by atoms with Crippen LogP contribution in [0.25, 0.3) is 0 Å². The fraction of sp³-hybridized carbons (Fsp3) is 0.650. The number of ether oxygens (including phenoxy) is 2. The molecule has 0 radical (unpaired) electrons. The largest absolute Gasteiger partial charge is 0.493 e. The molecule has 0 aliphatic carbocycles. The maximum absolute atomic E-state index is 13.0. The van der Waals surface area contributed by atoms with Crippen LogP contribution >= 0.6 is 0 Å². The number of nitrogens with zero attached hydrogens (tertiary/aromatic N) is 2. The lowest BCUT2D eigenvalue weighted by Gasteiger charge is -2.41. The summed E-state index contributed by atoms with van der Waals surface area (Å²) in [7, 11) is 3.20. The molecule has 0 N–H and O–H groups in total. The van der Waals surface area contributed by atoms with Gasteiger partial charge >= 0.3 is 0 Å². The van der Waals surface area contributed by atoms with Gasteiger partial charge in [-0.3, -0.25) is 9.69 Å². The molecule has 2 aliphatic heterocycles. The van der Waals surface area contributed by atoms with Gasteiger partial charge in [0.1, 0.15) is 0 Å². The molecular formula is C20H30N2O3. The number of carbonyl (C=O) groups excluding carboxylic acids is 1. The van der Waals surface area contributed by atoms with E-state index in [0.717, 1.165) is 19.5 Å². The quantitative estimate of drug-likeness (QED) is 0.840. The van der Waals surface area contributed by atoms with E-state index in [1.54, 1.807) is 26.4 Å². The Morgan fingerprint density at radius 2 is 1.72 bits per heavy atom. The fourth-order valence-electron chi connectivity index (χ4n) is 4.47. The number of piperidine rings is 1. The number of hydrogen-bond acceptors (Lipinski definition) is 4. The van der Waals surface area contributed by atoms with E-state index in [4.69, 9.17) is 9.47 Å².